The van der Waals surface area contributed by atoms with Gasteiger partial charge in [0.1, 0.15) is 11.6 Å². The molecule has 0 amide bonds. The molecule has 4 rings (SSSR count). The Labute approximate surface area is 146 Å². The van der Waals surface area contributed by atoms with Crippen molar-refractivity contribution in [3.05, 3.63) is 48.3 Å². The predicted molar refractivity (Wildman–Crippen MR) is 95.1 cm³/mol. The molecule has 4 heterocycles. The highest BCUT2D eigenvalue weighted by Gasteiger charge is 2.21. The number of rotatable bonds is 3. The third-order valence-electron chi connectivity index (χ3n) is 4.22. The molecule has 8 heteroatoms. The topological polar surface area (TPSA) is 75.9 Å². The second-order valence-electron chi connectivity index (χ2n) is 6.05. The Hall–Kier alpha value is -3.03. The van der Waals surface area contributed by atoms with Crippen LogP contribution in [0.4, 0.5) is 11.8 Å². The molecule has 0 aliphatic carbocycles. The normalized spacial score (nSPS) is 14.8. The van der Waals surface area contributed by atoms with Crippen LogP contribution in [-0.4, -0.2) is 55.9 Å². The van der Waals surface area contributed by atoms with Crippen molar-refractivity contribution in [1.29, 1.82) is 0 Å². The lowest BCUT2D eigenvalue weighted by Crippen LogP contribution is -2.47. The molecule has 1 aliphatic rings. The first kappa shape index (κ1) is 15.5. The maximum Gasteiger partial charge on any atom is 0.225 e. The van der Waals surface area contributed by atoms with E-state index >= 15 is 0 Å². The molecule has 1 saturated heterocycles. The molecule has 128 valence electrons. The second-order valence-corrected chi connectivity index (χ2v) is 6.05. The van der Waals surface area contributed by atoms with E-state index in [9.17, 15) is 0 Å². The van der Waals surface area contributed by atoms with Gasteiger partial charge in [-0.15, -0.1) is 0 Å². The first-order valence-corrected chi connectivity index (χ1v) is 8.34. The van der Waals surface area contributed by atoms with Gasteiger partial charge >= 0.3 is 0 Å². The van der Waals surface area contributed by atoms with E-state index in [-0.39, 0.29) is 0 Å². The second kappa shape index (κ2) is 6.46. The highest BCUT2D eigenvalue weighted by Crippen LogP contribution is 2.18. The Morgan fingerprint density at radius 3 is 2.36 bits per heavy atom. The summed E-state index contributed by atoms with van der Waals surface area (Å²) in [5.41, 5.74) is 0.989. The molecular weight excluding hydrogens is 316 g/mol. The maximum absolute atomic E-state index is 4.60. The van der Waals surface area contributed by atoms with E-state index in [0.29, 0.717) is 0 Å². The minimum absolute atomic E-state index is 0.743. The van der Waals surface area contributed by atoms with Crippen LogP contribution in [0.15, 0.2) is 36.8 Å². The average molecular weight is 336 g/mol. The Morgan fingerprint density at radius 2 is 1.64 bits per heavy atom. The van der Waals surface area contributed by atoms with Crippen LogP contribution in [0.3, 0.4) is 0 Å². The van der Waals surface area contributed by atoms with Gasteiger partial charge in [0.15, 0.2) is 5.82 Å². The van der Waals surface area contributed by atoms with Gasteiger partial charge in [0, 0.05) is 56.5 Å². The molecule has 0 bridgehead atoms. The summed E-state index contributed by atoms with van der Waals surface area (Å²) in [6.45, 7) is 7.36. The molecule has 3 aromatic rings. The molecule has 0 unspecified atom stereocenters. The van der Waals surface area contributed by atoms with Crippen LogP contribution in [0.5, 0.6) is 0 Å². The molecule has 1 aliphatic heterocycles. The van der Waals surface area contributed by atoms with Crippen molar-refractivity contribution >= 4 is 11.8 Å². The highest BCUT2D eigenvalue weighted by molar-refractivity contribution is 5.46. The number of aromatic nitrogens is 6. The predicted octanol–water partition coefficient (Wildman–Crippen LogP) is 1.40. The van der Waals surface area contributed by atoms with Crippen molar-refractivity contribution < 1.29 is 0 Å². The quantitative estimate of drug-likeness (QED) is 0.715. The van der Waals surface area contributed by atoms with E-state index in [0.717, 1.165) is 55.3 Å². The first-order chi connectivity index (χ1) is 12.2. The molecule has 0 radical (unpaired) electrons. The van der Waals surface area contributed by atoms with Crippen molar-refractivity contribution in [3.63, 3.8) is 0 Å². The molecule has 0 aromatic carbocycles. The average Bonchev–Trinajstić information content (AvgIpc) is 3.16. The minimum Gasteiger partial charge on any atom is -0.353 e. The van der Waals surface area contributed by atoms with Gasteiger partial charge in [0.25, 0.3) is 0 Å². The Morgan fingerprint density at radius 1 is 0.880 bits per heavy atom. The molecule has 25 heavy (non-hydrogen) atoms. The van der Waals surface area contributed by atoms with E-state index < -0.39 is 0 Å². The van der Waals surface area contributed by atoms with Gasteiger partial charge in [-0.25, -0.2) is 24.6 Å². The van der Waals surface area contributed by atoms with Gasteiger partial charge in [-0.1, -0.05) is 0 Å². The summed E-state index contributed by atoms with van der Waals surface area (Å²) in [5, 5.41) is 4.26. The Kier molecular flexibility index (Phi) is 4.01. The van der Waals surface area contributed by atoms with E-state index in [1.54, 1.807) is 10.9 Å². The van der Waals surface area contributed by atoms with Gasteiger partial charge in [0.2, 0.25) is 5.95 Å². The van der Waals surface area contributed by atoms with Crippen molar-refractivity contribution in [1.82, 2.24) is 29.7 Å². The third-order valence-corrected chi connectivity index (χ3v) is 4.22. The number of piperazine rings is 1. The molecule has 0 atom stereocenters. The van der Waals surface area contributed by atoms with Gasteiger partial charge in [-0.05, 0) is 26.0 Å². The van der Waals surface area contributed by atoms with Crippen LogP contribution in [0.1, 0.15) is 11.5 Å². The Bertz CT molecular complexity index is 853. The number of hydrogen-bond donors (Lipinski definition) is 0. The summed E-state index contributed by atoms with van der Waals surface area (Å²) in [5.74, 6) is 3.27. The number of anilines is 2. The van der Waals surface area contributed by atoms with E-state index in [1.807, 2.05) is 44.4 Å². The van der Waals surface area contributed by atoms with Gasteiger partial charge < -0.3 is 9.80 Å². The minimum atomic E-state index is 0.743. The molecule has 0 spiro atoms. The van der Waals surface area contributed by atoms with Crippen LogP contribution in [0, 0.1) is 13.8 Å². The van der Waals surface area contributed by atoms with Crippen molar-refractivity contribution in [2.24, 2.45) is 0 Å². The lowest BCUT2D eigenvalue weighted by atomic mass is 10.3. The molecule has 8 nitrogen and oxygen atoms in total. The van der Waals surface area contributed by atoms with Crippen LogP contribution in [0.25, 0.3) is 5.82 Å². The SMILES string of the molecule is Cc1ccnc(N2CCN(c3cc(-n4cccn4)nc(C)n3)CC2)n1. The third kappa shape index (κ3) is 3.28. The largest absolute Gasteiger partial charge is 0.353 e. The first-order valence-electron chi connectivity index (χ1n) is 8.34. The maximum atomic E-state index is 4.60. The lowest BCUT2D eigenvalue weighted by molar-refractivity contribution is 0.631. The molecule has 3 aromatic heterocycles. The summed E-state index contributed by atoms with van der Waals surface area (Å²) < 4.78 is 1.76. The van der Waals surface area contributed by atoms with Crippen molar-refractivity contribution in [2.45, 2.75) is 13.8 Å². The van der Waals surface area contributed by atoms with Gasteiger partial charge in [-0.2, -0.15) is 5.10 Å². The fourth-order valence-electron chi connectivity index (χ4n) is 2.94. The van der Waals surface area contributed by atoms with Crippen LogP contribution < -0.4 is 9.80 Å². The summed E-state index contributed by atoms with van der Waals surface area (Å²) in [7, 11) is 0. The van der Waals surface area contributed by atoms with E-state index in [2.05, 4.69) is 34.8 Å². The zero-order valence-electron chi connectivity index (χ0n) is 14.4. The highest BCUT2D eigenvalue weighted by atomic mass is 15.3. The fourth-order valence-corrected chi connectivity index (χ4v) is 2.94. The molecular formula is C17H20N8. The zero-order chi connectivity index (χ0) is 17.2. The fraction of sp³-hybridized carbons (Fsp3) is 0.353. The number of hydrogen-bond acceptors (Lipinski definition) is 7. The van der Waals surface area contributed by atoms with Crippen LogP contribution in [-0.2, 0) is 0 Å². The van der Waals surface area contributed by atoms with Gasteiger partial charge in [-0.3, -0.25) is 0 Å². The molecule has 0 N–H and O–H groups in total. The summed E-state index contributed by atoms with van der Waals surface area (Å²) in [6, 6.07) is 5.79. The summed E-state index contributed by atoms with van der Waals surface area (Å²) in [4.78, 5) is 22.5. The van der Waals surface area contributed by atoms with E-state index in [1.165, 1.54) is 0 Å². The summed E-state index contributed by atoms with van der Waals surface area (Å²) in [6.07, 6.45) is 5.45. The van der Waals surface area contributed by atoms with Crippen LogP contribution in [0.2, 0.25) is 0 Å². The van der Waals surface area contributed by atoms with E-state index in [4.69, 9.17) is 0 Å². The number of aryl methyl sites for hydroxylation is 2. The molecule has 1 fully saturated rings. The Balaban J connectivity index is 1.51. The van der Waals surface area contributed by atoms with Crippen molar-refractivity contribution in [2.75, 3.05) is 36.0 Å². The van der Waals surface area contributed by atoms with Crippen LogP contribution >= 0.6 is 0 Å². The standard InChI is InChI=1S/C17H20N8/c1-13-4-6-18-17(20-13)24-10-8-23(9-11-24)15-12-16(22-14(2)21-15)25-7-3-5-19-25/h3-7,12H,8-11H2,1-2H3. The molecule has 0 saturated carbocycles. The zero-order valence-corrected chi connectivity index (χ0v) is 14.4. The van der Waals surface area contributed by atoms with Crippen molar-refractivity contribution in [3.8, 4) is 5.82 Å². The lowest BCUT2D eigenvalue weighted by Gasteiger charge is -2.35. The summed E-state index contributed by atoms with van der Waals surface area (Å²) >= 11 is 0. The smallest absolute Gasteiger partial charge is 0.225 e. The monoisotopic (exact) mass is 336 g/mol. The number of nitrogens with zero attached hydrogens (tertiary/aromatic N) is 8. The van der Waals surface area contributed by atoms with Gasteiger partial charge in [0.05, 0.1) is 0 Å².